The van der Waals surface area contributed by atoms with E-state index in [1.807, 2.05) is 13.2 Å². The number of aromatic nitrogens is 2. The Kier molecular flexibility index (Phi) is 3.44. The molecule has 2 unspecified atom stereocenters. The Morgan fingerprint density at radius 3 is 2.89 bits per heavy atom. The first kappa shape index (κ1) is 12.7. The molecule has 1 aromatic heterocycles. The second-order valence-electron chi connectivity index (χ2n) is 4.46. The summed E-state index contributed by atoms with van der Waals surface area (Å²) < 4.78 is 1.68. The minimum absolute atomic E-state index is 0.170. The van der Waals surface area contributed by atoms with E-state index >= 15 is 0 Å². The Bertz CT molecular complexity index is 470. The van der Waals surface area contributed by atoms with E-state index in [1.165, 1.54) is 0 Å². The first-order chi connectivity index (χ1) is 8.52. The first-order valence-corrected chi connectivity index (χ1v) is 5.81. The Morgan fingerprint density at radius 1 is 1.61 bits per heavy atom. The summed E-state index contributed by atoms with van der Waals surface area (Å²) in [6.45, 7) is 2.26. The van der Waals surface area contributed by atoms with E-state index in [9.17, 15) is 9.59 Å². The van der Waals surface area contributed by atoms with Crippen molar-refractivity contribution in [1.82, 2.24) is 20.0 Å². The van der Waals surface area contributed by atoms with Crippen LogP contribution in [-0.4, -0.2) is 45.6 Å². The molecule has 18 heavy (non-hydrogen) atoms. The molecule has 0 aromatic carbocycles. The molecule has 1 fully saturated rings. The predicted molar refractivity (Wildman–Crippen MR) is 64.3 cm³/mol. The normalized spacial score (nSPS) is 22.9. The van der Waals surface area contributed by atoms with E-state index in [0.717, 1.165) is 5.56 Å². The maximum atomic E-state index is 11.6. The van der Waals surface area contributed by atoms with Crippen LogP contribution in [0.2, 0.25) is 0 Å². The summed E-state index contributed by atoms with van der Waals surface area (Å²) in [5.41, 5.74) is 6.69. The quantitative estimate of drug-likeness (QED) is 0.656. The molecule has 98 valence electrons. The van der Waals surface area contributed by atoms with Crippen molar-refractivity contribution in [2.75, 3.05) is 13.1 Å². The summed E-state index contributed by atoms with van der Waals surface area (Å²) in [6.07, 6.45) is 3.56. The van der Waals surface area contributed by atoms with Crippen LogP contribution in [0, 0.1) is 0 Å². The molecule has 2 rings (SSSR count). The molecule has 0 aliphatic carbocycles. The van der Waals surface area contributed by atoms with Crippen LogP contribution < -0.4 is 11.1 Å². The van der Waals surface area contributed by atoms with Crippen molar-refractivity contribution in [3.8, 4) is 0 Å². The molecule has 1 aliphatic rings. The molecule has 2 amide bonds. The van der Waals surface area contributed by atoms with Gasteiger partial charge in [-0.2, -0.15) is 5.10 Å². The van der Waals surface area contributed by atoms with Gasteiger partial charge in [-0.3, -0.25) is 24.5 Å². The molecule has 0 spiro atoms. The number of hydrogen-bond acceptors (Lipinski definition) is 5. The molecular formula is C11H17N5O2. The third-order valence-corrected chi connectivity index (χ3v) is 3.20. The van der Waals surface area contributed by atoms with Gasteiger partial charge in [-0.05, 0) is 6.92 Å². The molecule has 0 saturated carbocycles. The minimum atomic E-state index is -0.378. The lowest BCUT2D eigenvalue weighted by molar-refractivity contribution is -0.140. The van der Waals surface area contributed by atoms with Gasteiger partial charge in [-0.1, -0.05) is 0 Å². The molecule has 2 heterocycles. The number of aryl methyl sites for hydroxylation is 1. The van der Waals surface area contributed by atoms with Crippen LogP contribution in [0.15, 0.2) is 12.4 Å². The molecule has 0 bridgehead atoms. The van der Waals surface area contributed by atoms with Gasteiger partial charge in [0.25, 0.3) is 0 Å². The number of imide groups is 1. The number of carbonyl (C=O) groups is 2. The van der Waals surface area contributed by atoms with Gasteiger partial charge in [0.05, 0.1) is 24.8 Å². The number of hydrogen-bond donors (Lipinski definition) is 2. The highest BCUT2D eigenvalue weighted by atomic mass is 16.2. The van der Waals surface area contributed by atoms with Gasteiger partial charge >= 0.3 is 0 Å². The Labute approximate surface area is 105 Å². The molecule has 2 atom stereocenters. The average Bonchev–Trinajstić information content (AvgIpc) is 2.73. The van der Waals surface area contributed by atoms with Crippen molar-refractivity contribution >= 4 is 11.8 Å². The summed E-state index contributed by atoms with van der Waals surface area (Å²) in [5, 5.41) is 6.41. The van der Waals surface area contributed by atoms with E-state index in [0.29, 0.717) is 6.54 Å². The molecular weight excluding hydrogens is 234 g/mol. The third-order valence-electron chi connectivity index (χ3n) is 3.20. The first-order valence-electron chi connectivity index (χ1n) is 5.81. The van der Waals surface area contributed by atoms with Crippen LogP contribution in [0.1, 0.15) is 18.5 Å². The zero-order valence-electron chi connectivity index (χ0n) is 10.5. The summed E-state index contributed by atoms with van der Waals surface area (Å²) in [4.78, 5) is 24.9. The van der Waals surface area contributed by atoms with E-state index in [-0.39, 0.29) is 30.4 Å². The monoisotopic (exact) mass is 251 g/mol. The largest absolute Gasteiger partial charge is 0.329 e. The number of piperazine rings is 1. The molecule has 7 nitrogen and oxygen atoms in total. The summed E-state index contributed by atoms with van der Waals surface area (Å²) in [7, 11) is 1.81. The van der Waals surface area contributed by atoms with Gasteiger partial charge in [-0.15, -0.1) is 0 Å². The molecule has 7 heteroatoms. The van der Waals surface area contributed by atoms with Gasteiger partial charge in [0, 0.05) is 25.4 Å². The van der Waals surface area contributed by atoms with E-state index in [4.69, 9.17) is 5.73 Å². The number of nitrogens with zero attached hydrogens (tertiary/aromatic N) is 3. The second-order valence-corrected chi connectivity index (χ2v) is 4.46. The van der Waals surface area contributed by atoms with Gasteiger partial charge < -0.3 is 5.73 Å². The van der Waals surface area contributed by atoms with Crippen molar-refractivity contribution in [3.05, 3.63) is 18.0 Å². The maximum Gasteiger partial charge on any atom is 0.243 e. The van der Waals surface area contributed by atoms with Crippen molar-refractivity contribution in [1.29, 1.82) is 0 Å². The van der Waals surface area contributed by atoms with Gasteiger partial charge in [0.2, 0.25) is 11.8 Å². The van der Waals surface area contributed by atoms with Crippen molar-refractivity contribution in [2.24, 2.45) is 12.8 Å². The van der Waals surface area contributed by atoms with E-state index in [1.54, 1.807) is 22.7 Å². The van der Waals surface area contributed by atoms with Gasteiger partial charge in [0.15, 0.2) is 0 Å². The standard InChI is InChI=1S/C11H17N5O2/c1-7-11(18)14-10(17)6-16(7)9(3-12)8-4-13-15(2)5-8/h4-5,7,9H,3,6,12H2,1-2H3,(H,14,17,18). The van der Waals surface area contributed by atoms with Crippen LogP contribution in [0.3, 0.4) is 0 Å². The summed E-state index contributed by atoms with van der Waals surface area (Å²) >= 11 is 0. The summed E-state index contributed by atoms with van der Waals surface area (Å²) in [5.74, 6) is -0.575. The minimum Gasteiger partial charge on any atom is -0.329 e. The van der Waals surface area contributed by atoms with Crippen LogP contribution in [0.25, 0.3) is 0 Å². The SMILES string of the molecule is CC1C(=O)NC(=O)CN1C(CN)c1cnn(C)c1. The highest BCUT2D eigenvalue weighted by molar-refractivity contribution is 6.00. The smallest absolute Gasteiger partial charge is 0.243 e. The average molecular weight is 251 g/mol. The molecule has 1 aromatic rings. The molecule has 1 saturated heterocycles. The molecule has 3 N–H and O–H groups in total. The number of carbonyl (C=O) groups excluding carboxylic acids is 2. The Morgan fingerprint density at radius 2 is 2.33 bits per heavy atom. The fourth-order valence-electron chi connectivity index (χ4n) is 2.19. The van der Waals surface area contributed by atoms with Crippen molar-refractivity contribution in [2.45, 2.75) is 19.0 Å². The fourth-order valence-corrected chi connectivity index (χ4v) is 2.19. The molecule has 0 radical (unpaired) electrons. The van der Waals surface area contributed by atoms with Gasteiger partial charge in [-0.25, -0.2) is 0 Å². The van der Waals surface area contributed by atoms with E-state index in [2.05, 4.69) is 10.4 Å². The molecule has 1 aliphatic heterocycles. The number of nitrogens with one attached hydrogen (secondary N) is 1. The maximum absolute atomic E-state index is 11.6. The zero-order chi connectivity index (χ0) is 13.3. The second kappa shape index (κ2) is 4.87. The topological polar surface area (TPSA) is 93.2 Å². The van der Waals surface area contributed by atoms with Crippen molar-refractivity contribution in [3.63, 3.8) is 0 Å². The van der Waals surface area contributed by atoms with Crippen LogP contribution in [0.4, 0.5) is 0 Å². The van der Waals surface area contributed by atoms with Crippen LogP contribution >= 0.6 is 0 Å². The lowest BCUT2D eigenvalue weighted by Gasteiger charge is -2.37. The number of nitrogens with two attached hydrogens (primary N) is 1. The van der Waals surface area contributed by atoms with Crippen LogP contribution in [0.5, 0.6) is 0 Å². The van der Waals surface area contributed by atoms with Crippen molar-refractivity contribution < 1.29 is 9.59 Å². The Hall–Kier alpha value is -1.73. The lowest BCUT2D eigenvalue weighted by Crippen LogP contribution is -2.58. The van der Waals surface area contributed by atoms with Crippen LogP contribution in [-0.2, 0) is 16.6 Å². The zero-order valence-corrected chi connectivity index (χ0v) is 10.5. The fraction of sp³-hybridized carbons (Fsp3) is 0.545. The van der Waals surface area contributed by atoms with Gasteiger partial charge in [0.1, 0.15) is 0 Å². The highest BCUT2D eigenvalue weighted by Crippen LogP contribution is 2.22. The Balaban J connectivity index is 2.26. The lowest BCUT2D eigenvalue weighted by atomic mass is 10.1. The number of amides is 2. The highest BCUT2D eigenvalue weighted by Gasteiger charge is 2.35. The number of rotatable bonds is 3. The summed E-state index contributed by atoms with van der Waals surface area (Å²) in [6, 6.07) is -0.555. The predicted octanol–water partition coefficient (Wildman–Crippen LogP) is -1.23. The van der Waals surface area contributed by atoms with E-state index < -0.39 is 0 Å². The third kappa shape index (κ3) is 2.27.